The van der Waals surface area contributed by atoms with Crippen molar-refractivity contribution in [2.24, 2.45) is 11.8 Å². The van der Waals surface area contributed by atoms with Crippen molar-refractivity contribution in [2.75, 3.05) is 13.2 Å². The fraction of sp³-hybridized carbons (Fsp3) is 0.410. The summed E-state index contributed by atoms with van der Waals surface area (Å²) in [6.07, 6.45) is 26.1. The third-order valence-electron chi connectivity index (χ3n) is 17.9. The Hall–Kier alpha value is -5.60. The van der Waals surface area contributed by atoms with Gasteiger partial charge in [-0.25, -0.2) is 18.7 Å². The van der Waals surface area contributed by atoms with Gasteiger partial charge in [0.1, 0.15) is 22.5 Å². The van der Waals surface area contributed by atoms with E-state index < -0.39 is 11.6 Å². The van der Waals surface area contributed by atoms with Crippen molar-refractivity contribution in [1.82, 2.24) is 9.97 Å². The normalized spacial score (nSPS) is 12.5. The predicted molar refractivity (Wildman–Crippen MR) is 392 cm³/mol. The molecule has 2 atom stereocenters. The molecule has 0 radical (unpaired) electrons. The van der Waals surface area contributed by atoms with Gasteiger partial charge in [0.2, 0.25) is 0 Å². The number of halogens is 2. The minimum Gasteiger partial charge on any atom is -0.494 e. The number of aromatic nitrogens is 2. The number of rotatable bonds is 35. The Labute approximate surface area is 557 Å². The molecule has 0 aliphatic heterocycles. The molecule has 11 aromatic rings. The number of fused-ring (bicyclic) bond motifs is 3. The highest BCUT2D eigenvalue weighted by Gasteiger charge is 2.30. The van der Waals surface area contributed by atoms with Crippen LogP contribution in [0.2, 0.25) is 0 Å². The largest absolute Gasteiger partial charge is 0.494 e. The number of unbranched alkanes of at least 4 members (excludes halogenated alkanes) is 12. The fourth-order valence-electron chi connectivity index (χ4n) is 12.7. The van der Waals surface area contributed by atoms with E-state index in [0.717, 1.165) is 70.9 Å². The Kier molecular flexibility index (Phi) is 23.6. The second kappa shape index (κ2) is 32.3. The lowest BCUT2D eigenvalue weighted by molar-refractivity contribution is 0.304. The van der Waals surface area contributed by atoms with Gasteiger partial charge in [-0.05, 0) is 127 Å². The van der Waals surface area contributed by atoms with Crippen LogP contribution in [0.25, 0.3) is 105 Å². The van der Waals surface area contributed by atoms with Gasteiger partial charge in [0.25, 0.3) is 0 Å². The lowest BCUT2D eigenvalue weighted by Gasteiger charge is -2.17. The van der Waals surface area contributed by atoms with Crippen molar-refractivity contribution >= 4 is 99.2 Å². The Bertz CT molecular complexity index is 3980. The van der Waals surface area contributed by atoms with E-state index in [1.165, 1.54) is 176 Å². The van der Waals surface area contributed by atoms with E-state index in [9.17, 15) is 0 Å². The molecule has 11 rings (SSSR count). The van der Waals surface area contributed by atoms with Gasteiger partial charge in [-0.2, -0.15) is 0 Å². The maximum absolute atomic E-state index is 17.9. The topological polar surface area (TPSA) is 44.2 Å². The van der Waals surface area contributed by atoms with Gasteiger partial charge in [0, 0.05) is 81.4 Å². The lowest BCUT2D eigenvalue weighted by atomic mass is 9.95. The van der Waals surface area contributed by atoms with Crippen LogP contribution in [-0.4, -0.2) is 23.2 Å². The maximum atomic E-state index is 17.9. The highest BCUT2D eigenvalue weighted by atomic mass is 32.1. The molecule has 0 aliphatic rings. The van der Waals surface area contributed by atoms with Gasteiger partial charge < -0.3 is 9.47 Å². The minimum atomic E-state index is -0.934. The summed E-state index contributed by atoms with van der Waals surface area (Å²) >= 11 is 10.4. The van der Waals surface area contributed by atoms with Crippen LogP contribution in [0.4, 0.5) is 8.78 Å². The molecule has 0 spiro atoms. The fourth-order valence-corrected chi connectivity index (χ4v) is 19.3. The van der Waals surface area contributed by atoms with Crippen LogP contribution in [0, 0.1) is 23.5 Å². The summed E-state index contributed by atoms with van der Waals surface area (Å²) < 4.78 is 51.0. The minimum absolute atomic E-state index is 0.111. The third kappa shape index (κ3) is 15.4. The second-order valence-electron chi connectivity index (χ2n) is 24.5. The average molecular weight is 1320 g/mol. The summed E-state index contributed by atoms with van der Waals surface area (Å²) in [5.74, 6) is 0.937. The van der Waals surface area contributed by atoms with Crippen LogP contribution in [-0.2, 0) is 12.8 Å². The van der Waals surface area contributed by atoms with E-state index in [2.05, 4.69) is 89.4 Å². The van der Waals surface area contributed by atoms with E-state index in [0.29, 0.717) is 57.2 Å². The van der Waals surface area contributed by atoms with Gasteiger partial charge in [0.05, 0.1) is 35.7 Å². The molecule has 0 bridgehead atoms. The molecule has 472 valence electrons. The van der Waals surface area contributed by atoms with E-state index in [4.69, 9.17) is 19.4 Å². The number of thiophene rings is 6. The average Bonchev–Trinajstić information content (AvgIpc) is 1.53. The monoisotopic (exact) mass is 1310 g/mol. The molecular weight excluding hydrogens is 1230 g/mol. The Balaban J connectivity index is 1.05. The summed E-state index contributed by atoms with van der Waals surface area (Å²) in [7, 11) is 0. The van der Waals surface area contributed by atoms with Crippen molar-refractivity contribution in [3.63, 3.8) is 0 Å². The zero-order valence-corrected chi connectivity index (χ0v) is 58.5. The van der Waals surface area contributed by atoms with Crippen molar-refractivity contribution in [1.29, 1.82) is 0 Å². The van der Waals surface area contributed by atoms with Crippen LogP contribution in [0.15, 0.2) is 120 Å². The molecule has 0 saturated heterocycles. The standard InChI is InChI=1S/C78H88F2N2O2S6/c1-7-13-17-19-21-23-42-83-55-32-25-30-53(48-55)73-74(54-31-26-33-56(49-54)84-43-24-22-20-18-14-8-2)82-76-70(72(80)71(79)69(75(76)81-73)62-34-27-44-85-62)65-40-39-61(89-65)66-50-60-68(64-38-36-58(88-64)47-52(12-6)29-16-10-4)77-59(41-45-86-77)67(78(60)90-66)63-37-35-57(87-63)46-51(11-5)28-15-9-3/h25-27,30-41,44-45,48-52H,7-24,28-29,42-43,46-47H2,1-6H3. The molecule has 0 saturated carbocycles. The van der Waals surface area contributed by atoms with Crippen molar-refractivity contribution in [3.05, 3.63) is 141 Å². The van der Waals surface area contributed by atoms with Crippen LogP contribution < -0.4 is 9.47 Å². The van der Waals surface area contributed by atoms with Crippen molar-refractivity contribution in [2.45, 2.75) is 183 Å². The summed E-state index contributed by atoms with van der Waals surface area (Å²) in [4.78, 5) is 19.8. The highest BCUT2D eigenvalue weighted by Crippen LogP contribution is 2.54. The van der Waals surface area contributed by atoms with Crippen LogP contribution in [0.3, 0.4) is 0 Å². The molecule has 0 aliphatic carbocycles. The molecule has 12 heteroatoms. The van der Waals surface area contributed by atoms with E-state index in [-0.39, 0.29) is 11.1 Å². The number of nitrogens with zero attached hydrogens (tertiary/aromatic N) is 2. The molecule has 4 nitrogen and oxygen atoms in total. The summed E-state index contributed by atoms with van der Waals surface area (Å²) in [5, 5.41) is 6.71. The predicted octanol–water partition coefficient (Wildman–Crippen LogP) is 27.2. The van der Waals surface area contributed by atoms with E-state index in [1.54, 1.807) is 0 Å². The van der Waals surface area contributed by atoms with E-state index >= 15 is 8.78 Å². The molecule has 0 N–H and O–H groups in total. The maximum Gasteiger partial charge on any atom is 0.170 e. The van der Waals surface area contributed by atoms with Gasteiger partial charge in [-0.3, -0.25) is 0 Å². The van der Waals surface area contributed by atoms with E-state index in [1.807, 2.05) is 117 Å². The smallest absolute Gasteiger partial charge is 0.170 e. The van der Waals surface area contributed by atoms with Crippen LogP contribution in [0.1, 0.15) is 180 Å². The molecular formula is C78H88F2N2O2S6. The Morgan fingerprint density at radius 3 is 1.43 bits per heavy atom. The molecule has 4 aromatic carbocycles. The summed E-state index contributed by atoms with van der Waals surface area (Å²) in [6, 6.07) is 38.0. The quantitative estimate of drug-likeness (QED) is 0.0371. The van der Waals surface area contributed by atoms with Crippen molar-refractivity contribution < 1.29 is 18.3 Å². The third-order valence-corrected chi connectivity index (χ3v) is 24.4. The molecule has 90 heavy (non-hydrogen) atoms. The van der Waals surface area contributed by atoms with Gasteiger partial charge in [-0.1, -0.05) is 187 Å². The zero-order chi connectivity index (χ0) is 62.3. The second-order valence-corrected chi connectivity index (χ2v) is 30.8. The molecule has 0 amide bonds. The Morgan fingerprint density at radius 2 is 0.900 bits per heavy atom. The van der Waals surface area contributed by atoms with Gasteiger partial charge in [0.15, 0.2) is 11.6 Å². The number of benzene rings is 4. The zero-order valence-electron chi connectivity index (χ0n) is 53.6. The number of ether oxygens (including phenoxy) is 2. The van der Waals surface area contributed by atoms with Crippen LogP contribution in [0.5, 0.6) is 11.5 Å². The molecule has 7 heterocycles. The number of hydrogen-bond acceptors (Lipinski definition) is 10. The van der Waals surface area contributed by atoms with Gasteiger partial charge in [-0.15, -0.1) is 68.0 Å². The molecule has 7 aromatic heterocycles. The molecule has 0 fully saturated rings. The van der Waals surface area contributed by atoms with Crippen molar-refractivity contribution in [3.8, 4) is 85.5 Å². The lowest BCUT2D eigenvalue weighted by Crippen LogP contribution is -2.03. The van der Waals surface area contributed by atoms with Crippen LogP contribution >= 0.6 is 68.0 Å². The summed E-state index contributed by atoms with van der Waals surface area (Å²) in [6.45, 7) is 15.0. The molecule has 2 unspecified atom stereocenters. The first-order valence-corrected chi connectivity index (χ1v) is 38.7. The van der Waals surface area contributed by atoms with Gasteiger partial charge >= 0.3 is 0 Å². The number of hydrogen-bond donors (Lipinski definition) is 0. The first kappa shape index (κ1) is 65.9. The Morgan fingerprint density at radius 1 is 0.400 bits per heavy atom. The first-order valence-electron chi connectivity index (χ1n) is 33.7. The summed E-state index contributed by atoms with van der Waals surface area (Å²) in [5.41, 5.74) is 6.09. The SMILES string of the molecule is CCCCCCCCOc1cccc(-c2nc3c(-c4cccs4)c(F)c(F)c(-c4ccc(-c5cc6c(-c7ccc(CC(CC)CCCC)s7)c7sccc7c(-c7ccc(CC(CC)CCCC)s7)c6s5)s4)c3nc2-c2cccc(OCCCCCCCC)c2)c1. The first-order chi connectivity index (χ1) is 44.2. The highest BCUT2D eigenvalue weighted by molar-refractivity contribution is 7.28.